The van der Waals surface area contributed by atoms with E-state index in [2.05, 4.69) is 5.32 Å². The van der Waals surface area contributed by atoms with E-state index in [1.807, 2.05) is 0 Å². The minimum absolute atomic E-state index is 0.331. The van der Waals surface area contributed by atoms with E-state index < -0.39 is 17.8 Å². The molecule has 0 aliphatic carbocycles. The van der Waals surface area contributed by atoms with Gasteiger partial charge >= 0.3 is 6.18 Å². The number of alkyl halides is 3. The lowest BCUT2D eigenvalue weighted by Crippen LogP contribution is -2.24. The summed E-state index contributed by atoms with van der Waals surface area (Å²) in [6.45, 7) is 3.32. The summed E-state index contributed by atoms with van der Waals surface area (Å²) in [4.78, 5) is 11.3. The van der Waals surface area contributed by atoms with E-state index in [0.717, 1.165) is 12.1 Å². The molecule has 0 radical (unpaired) electrons. The van der Waals surface area contributed by atoms with E-state index in [1.165, 1.54) is 12.1 Å². The zero-order valence-corrected chi connectivity index (χ0v) is 10.1. The van der Waals surface area contributed by atoms with Gasteiger partial charge in [-0.1, -0.05) is 18.2 Å². The van der Waals surface area contributed by atoms with Gasteiger partial charge in [-0.3, -0.25) is 4.79 Å². The molecular formula is C13H14F3NO. The maximum atomic E-state index is 12.5. The molecule has 0 spiro atoms. The molecule has 1 aromatic carbocycles. The van der Waals surface area contributed by atoms with E-state index in [4.69, 9.17) is 0 Å². The summed E-state index contributed by atoms with van der Waals surface area (Å²) in [6, 6.07) is 4.45. The number of halogens is 3. The van der Waals surface area contributed by atoms with Crippen molar-refractivity contribution >= 4 is 5.91 Å². The molecule has 5 heteroatoms. The van der Waals surface area contributed by atoms with Crippen LogP contribution in [-0.2, 0) is 11.0 Å². The fourth-order valence-corrected chi connectivity index (χ4v) is 1.48. The van der Waals surface area contributed by atoms with Gasteiger partial charge in [-0.25, -0.2) is 0 Å². The summed E-state index contributed by atoms with van der Waals surface area (Å²) in [5, 5.41) is 2.58. The summed E-state index contributed by atoms with van der Waals surface area (Å²) >= 11 is 0. The van der Waals surface area contributed by atoms with Crippen LogP contribution in [0.25, 0.3) is 0 Å². The standard InChI is InChI=1S/C13H14F3NO/c1-3-5-12(18)17-9(2)10-6-4-7-11(8-10)13(14,15)16/h3-9H,1-2H3,(H,17,18)/b5-3+. The molecule has 1 amide bonds. The average molecular weight is 257 g/mol. The van der Waals surface area contributed by atoms with Crippen molar-refractivity contribution in [1.29, 1.82) is 0 Å². The molecule has 1 N–H and O–H groups in total. The summed E-state index contributed by atoms with van der Waals surface area (Å²) in [5.41, 5.74) is -0.296. The van der Waals surface area contributed by atoms with E-state index in [1.54, 1.807) is 26.0 Å². The van der Waals surface area contributed by atoms with Crippen molar-refractivity contribution in [3.63, 3.8) is 0 Å². The van der Waals surface area contributed by atoms with Crippen LogP contribution in [0.15, 0.2) is 36.4 Å². The van der Waals surface area contributed by atoms with Gasteiger partial charge in [0, 0.05) is 0 Å². The molecule has 0 aliphatic rings. The van der Waals surface area contributed by atoms with Gasteiger partial charge in [0.1, 0.15) is 0 Å². The number of carbonyl (C=O) groups is 1. The highest BCUT2D eigenvalue weighted by Gasteiger charge is 2.30. The van der Waals surface area contributed by atoms with Crippen LogP contribution in [0.1, 0.15) is 31.0 Å². The monoisotopic (exact) mass is 257 g/mol. The van der Waals surface area contributed by atoms with Gasteiger partial charge in [-0.05, 0) is 37.6 Å². The molecule has 2 nitrogen and oxygen atoms in total. The number of amides is 1. The molecule has 1 aromatic rings. The predicted octanol–water partition coefficient (Wildman–Crippen LogP) is 3.46. The normalized spacial score (nSPS) is 13.6. The molecule has 0 heterocycles. The Hall–Kier alpha value is -1.78. The molecule has 0 aromatic heterocycles. The van der Waals surface area contributed by atoms with Crippen LogP contribution in [0.5, 0.6) is 0 Å². The summed E-state index contributed by atoms with van der Waals surface area (Å²) < 4.78 is 37.5. The summed E-state index contributed by atoms with van der Waals surface area (Å²) in [5.74, 6) is -0.331. The first kappa shape index (κ1) is 14.3. The van der Waals surface area contributed by atoms with Gasteiger partial charge in [0.05, 0.1) is 11.6 Å². The highest BCUT2D eigenvalue weighted by Crippen LogP contribution is 2.30. The van der Waals surface area contributed by atoms with Gasteiger partial charge in [0.15, 0.2) is 0 Å². The summed E-state index contributed by atoms with van der Waals surface area (Å²) in [6.07, 6.45) is -1.48. The number of hydrogen-bond donors (Lipinski definition) is 1. The quantitative estimate of drug-likeness (QED) is 0.825. The number of rotatable bonds is 3. The first-order valence-corrected chi connectivity index (χ1v) is 5.45. The first-order valence-electron chi connectivity index (χ1n) is 5.45. The lowest BCUT2D eigenvalue weighted by Gasteiger charge is -2.15. The molecule has 18 heavy (non-hydrogen) atoms. The van der Waals surface area contributed by atoms with Crippen LogP contribution in [0.4, 0.5) is 13.2 Å². The Balaban J connectivity index is 2.87. The lowest BCUT2D eigenvalue weighted by molar-refractivity contribution is -0.137. The van der Waals surface area contributed by atoms with E-state index in [0.29, 0.717) is 5.56 Å². The van der Waals surface area contributed by atoms with Crippen molar-refractivity contribution in [2.45, 2.75) is 26.1 Å². The highest BCUT2D eigenvalue weighted by molar-refractivity contribution is 5.87. The smallest absolute Gasteiger partial charge is 0.346 e. The van der Waals surface area contributed by atoms with Crippen molar-refractivity contribution in [3.05, 3.63) is 47.5 Å². The SMILES string of the molecule is C/C=C/C(=O)NC(C)c1cccc(C(F)(F)F)c1. The van der Waals surface area contributed by atoms with Crippen molar-refractivity contribution in [3.8, 4) is 0 Å². The average Bonchev–Trinajstić information content (AvgIpc) is 2.28. The van der Waals surface area contributed by atoms with Crippen LogP contribution in [0.3, 0.4) is 0 Å². The molecule has 0 saturated carbocycles. The van der Waals surface area contributed by atoms with Crippen LogP contribution < -0.4 is 5.32 Å². The van der Waals surface area contributed by atoms with Crippen molar-refractivity contribution in [2.75, 3.05) is 0 Å². The first-order chi connectivity index (χ1) is 8.34. The Kier molecular flexibility index (Phi) is 4.53. The molecule has 1 atom stereocenters. The van der Waals surface area contributed by atoms with Gasteiger partial charge in [0.25, 0.3) is 0 Å². The number of benzene rings is 1. The number of carbonyl (C=O) groups excluding carboxylic acids is 1. The Bertz CT molecular complexity index is 452. The molecule has 1 unspecified atom stereocenters. The van der Waals surface area contributed by atoms with Gasteiger partial charge in [-0.2, -0.15) is 13.2 Å². The van der Waals surface area contributed by atoms with Gasteiger partial charge in [0.2, 0.25) is 5.91 Å². The van der Waals surface area contributed by atoms with E-state index >= 15 is 0 Å². The number of nitrogens with one attached hydrogen (secondary N) is 1. The van der Waals surface area contributed by atoms with E-state index in [9.17, 15) is 18.0 Å². The molecular weight excluding hydrogens is 243 g/mol. The van der Waals surface area contributed by atoms with Crippen molar-refractivity contribution in [2.24, 2.45) is 0 Å². The largest absolute Gasteiger partial charge is 0.416 e. The Morgan fingerprint density at radius 1 is 1.39 bits per heavy atom. The van der Waals surface area contributed by atoms with E-state index in [-0.39, 0.29) is 5.91 Å². The molecule has 0 aliphatic heterocycles. The zero-order valence-electron chi connectivity index (χ0n) is 10.1. The fraction of sp³-hybridized carbons (Fsp3) is 0.308. The van der Waals surface area contributed by atoms with Crippen molar-refractivity contribution in [1.82, 2.24) is 5.32 Å². The van der Waals surface area contributed by atoms with Gasteiger partial charge in [-0.15, -0.1) is 0 Å². The maximum absolute atomic E-state index is 12.5. The number of allylic oxidation sites excluding steroid dienone is 1. The fourth-order valence-electron chi connectivity index (χ4n) is 1.48. The van der Waals surface area contributed by atoms with Gasteiger partial charge < -0.3 is 5.32 Å². The minimum Gasteiger partial charge on any atom is -0.346 e. The Morgan fingerprint density at radius 3 is 2.61 bits per heavy atom. The second kappa shape index (κ2) is 5.71. The van der Waals surface area contributed by atoms with Crippen molar-refractivity contribution < 1.29 is 18.0 Å². The maximum Gasteiger partial charge on any atom is 0.416 e. The predicted molar refractivity (Wildman–Crippen MR) is 62.8 cm³/mol. The lowest BCUT2D eigenvalue weighted by atomic mass is 10.0. The molecule has 98 valence electrons. The Labute approximate surface area is 104 Å². The highest BCUT2D eigenvalue weighted by atomic mass is 19.4. The minimum atomic E-state index is -4.37. The second-order valence-electron chi connectivity index (χ2n) is 3.85. The van der Waals surface area contributed by atoms with Crippen LogP contribution >= 0.6 is 0 Å². The third-order valence-corrected chi connectivity index (χ3v) is 2.39. The zero-order chi connectivity index (χ0) is 13.8. The molecule has 0 bridgehead atoms. The molecule has 0 fully saturated rings. The number of hydrogen-bond acceptors (Lipinski definition) is 1. The Morgan fingerprint density at radius 2 is 2.06 bits per heavy atom. The third kappa shape index (κ3) is 3.91. The summed E-state index contributed by atoms with van der Waals surface area (Å²) in [7, 11) is 0. The van der Waals surface area contributed by atoms with Crippen LogP contribution in [-0.4, -0.2) is 5.91 Å². The molecule has 0 saturated heterocycles. The topological polar surface area (TPSA) is 29.1 Å². The van der Waals surface area contributed by atoms with Crippen LogP contribution in [0, 0.1) is 0 Å². The molecule has 1 rings (SSSR count). The second-order valence-corrected chi connectivity index (χ2v) is 3.85. The van der Waals surface area contributed by atoms with Crippen LogP contribution in [0.2, 0.25) is 0 Å². The third-order valence-electron chi connectivity index (χ3n) is 2.39.